The van der Waals surface area contributed by atoms with Crippen LogP contribution in [0.4, 0.5) is 0 Å². The zero-order chi connectivity index (χ0) is 18.2. The van der Waals surface area contributed by atoms with Crippen LogP contribution in [0.1, 0.15) is 12.8 Å². The van der Waals surface area contributed by atoms with Gasteiger partial charge in [0, 0.05) is 17.6 Å². The number of hydrogen-bond donors (Lipinski definition) is 1. The van der Waals surface area contributed by atoms with Gasteiger partial charge in [-0.3, -0.25) is 9.67 Å². The van der Waals surface area contributed by atoms with E-state index in [1.54, 1.807) is 11.3 Å². The maximum Gasteiger partial charge on any atom is 0.195 e. The molecule has 1 atom stereocenters. The van der Waals surface area contributed by atoms with E-state index in [1.807, 2.05) is 24.3 Å². The fourth-order valence-electron chi connectivity index (χ4n) is 3.60. The van der Waals surface area contributed by atoms with Crippen molar-refractivity contribution in [3.8, 4) is 22.0 Å². The molecule has 5 nitrogen and oxygen atoms in total. The number of hydrogen-bond acceptors (Lipinski definition) is 5. The Bertz CT molecular complexity index is 1140. The number of H-pyrrole nitrogens is 1. The molecule has 1 unspecified atom stereocenters. The van der Waals surface area contributed by atoms with Crippen molar-refractivity contribution in [1.29, 1.82) is 0 Å². The number of nitrogens with one attached hydrogen (secondary N) is 1. The summed E-state index contributed by atoms with van der Waals surface area (Å²) in [6.45, 7) is 1.54. The quantitative estimate of drug-likeness (QED) is 0.491. The summed E-state index contributed by atoms with van der Waals surface area (Å²) in [5.41, 5.74) is 2.95. The van der Waals surface area contributed by atoms with Gasteiger partial charge in [-0.25, -0.2) is 4.98 Å². The molecule has 1 aromatic carbocycles. The van der Waals surface area contributed by atoms with Crippen molar-refractivity contribution in [3.63, 3.8) is 0 Å². The highest BCUT2D eigenvalue weighted by molar-refractivity contribution is 7.71. The minimum absolute atomic E-state index is 0.193. The van der Waals surface area contributed by atoms with Gasteiger partial charge in [-0.2, -0.15) is 5.10 Å². The predicted molar refractivity (Wildman–Crippen MR) is 110 cm³/mol. The van der Waals surface area contributed by atoms with Crippen LogP contribution in [0.2, 0.25) is 0 Å². The fraction of sp³-hybridized carbons (Fsp3) is 0.250. The minimum atomic E-state index is 0.193. The number of thiophene rings is 1. The van der Waals surface area contributed by atoms with Gasteiger partial charge in [0.25, 0.3) is 0 Å². The number of fused-ring (bicyclic) bond motifs is 1. The smallest absolute Gasteiger partial charge is 0.195 e. The maximum atomic E-state index is 5.82. The van der Waals surface area contributed by atoms with Crippen molar-refractivity contribution in [3.05, 3.63) is 52.6 Å². The third-order valence-electron chi connectivity index (χ3n) is 4.90. The summed E-state index contributed by atoms with van der Waals surface area (Å²) in [7, 11) is 0. The van der Waals surface area contributed by atoms with Crippen LogP contribution in [0.3, 0.4) is 0 Å². The number of pyridine rings is 1. The summed E-state index contributed by atoms with van der Waals surface area (Å²) in [6.07, 6.45) is 2.36. The SMILES string of the molecule is S=c1[nH]nc(-c2cc(-c3cccs3)nc3ccccc23)n1CC1CCCO1. The lowest BCUT2D eigenvalue weighted by Crippen LogP contribution is -2.16. The molecule has 0 radical (unpaired) electrons. The van der Waals surface area contributed by atoms with E-state index in [1.165, 1.54) is 0 Å². The molecule has 0 aliphatic carbocycles. The van der Waals surface area contributed by atoms with Gasteiger partial charge in [0.05, 0.1) is 28.7 Å². The summed E-state index contributed by atoms with van der Waals surface area (Å²) in [6, 6.07) is 14.4. The van der Waals surface area contributed by atoms with Crippen LogP contribution < -0.4 is 0 Å². The van der Waals surface area contributed by atoms with Gasteiger partial charge in [-0.05, 0) is 48.6 Å². The van der Waals surface area contributed by atoms with Crippen LogP contribution in [0, 0.1) is 4.77 Å². The first-order valence-corrected chi connectivity index (χ1v) is 10.3. The Morgan fingerprint density at radius 3 is 3.00 bits per heavy atom. The van der Waals surface area contributed by atoms with Gasteiger partial charge < -0.3 is 4.74 Å². The van der Waals surface area contributed by atoms with Crippen molar-refractivity contribution in [2.75, 3.05) is 6.61 Å². The Morgan fingerprint density at radius 1 is 1.26 bits per heavy atom. The molecule has 0 spiro atoms. The zero-order valence-corrected chi connectivity index (χ0v) is 16.2. The molecule has 7 heteroatoms. The number of aromatic amines is 1. The normalized spacial score (nSPS) is 17.0. The lowest BCUT2D eigenvalue weighted by atomic mass is 10.1. The molecule has 4 heterocycles. The van der Waals surface area contributed by atoms with Crippen molar-refractivity contribution in [1.82, 2.24) is 19.7 Å². The van der Waals surface area contributed by atoms with E-state index in [9.17, 15) is 0 Å². The van der Waals surface area contributed by atoms with E-state index in [-0.39, 0.29) is 6.10 Å². The van der Waals surface area contributed by atoms with E-state index < -0.39 is 0 Å². The standard InChI is InChI=1S/C20H18N4OS2/c26-20-23-22-19(24(20)12-13-5-3-9-25-13)15-11-17(18-8-4-10-27-18)21-16-7-2-1-6-14(15)16/h1-2,4,6-8,10-11,13H,3,5,9,12H2,(H,23,26). The zero-order valence-electron chi connectivity index (χ0n) is 14.6. The number of ether oxygens (including phenoxy) is 1. The molecule has 1 N–H and O–H groups in total. The molecule has 4 aromatic rings. The first-order chi connectivity index (χ1) is 13.3. The van der Waals surface area contributed by atoms with Gasteiger partial charge in [0.2, 0.25) is 0 Å². The largest absolute Gasteiger partial charge is 0.376 e. The molecule has 1 saturated heterocycles. The van der Waals surface area contributed by atoms with Gasteiger partial charge in [0.15, 0.2) is 10.6 Å². The number of aromatic nitrogens is 4. The molecular formula is C20H18N4OS2. The summed E-state index contributed by atoms with van der Waals surface area (Å²) < 4.78 is 8.51. The van der Waals surface area contributed by atoms with Crippen LogP contribution in [0.25, 0.3) is 32.9 Å². The minimum Gasteiger partial charge on any atom is -0.376 e. The van der Waals surface area contributed by atoms with E-state index in [4.69, 9.17) is 21.9 Å². The van der Waals surface area contributed by atoms with Crippen LogP contribution in [0.15, 0.2) is 47.8 Å². The van der Waals surface area contributed by atoms with E-state index in [0.29, 0.717) is 4.77 Å². The van der Waals surface area contributed by atoms with Crippen molar-refractivity contribution in [2.45, 2.75) is 25.5 Å². The first-order valence-electron chi connectivity index (χ1n) is 9.00. The average Bonchev–Trinajstić information content (AvgIpc) is 3.45. The Balaban J connectivity index is 1.70. The second-order valence-corrected chi connectivity index (χ2v) is 7.98. The third-order valence-corrected chi connectivity index (χ3v) is 6.10. The molecule has 3 aromatic heterocycles. The monoisotopic (exact) mass is 394 g/mol. The fourth-order valence-corrected chi connectivity index (χ4v) is 4.49. The Hall–Kier alpha value is -2.35. The number of nitrogens with zero attached hydrogens (tertiary/aromatic N) is 3. The van der Waals surface area contributed by atoms with Crippen LogP contribution >= 0.6 is 23.6 Å². The third kappa shape index (κ3) is 3.12. The summed E-state index contributed by atoms with van der Waals surface area (Å²) in [4.78, 5) is 6.00. The summed E-state index contributed by atoms with van der Waals surface area (Å²) in [5.74, 6) is 0.840. The molecule has 0 amide bonds. The summed E-state index contributed by atoms with van der Waals surface area (Å²) >= 11 is 7.20. The maximum absolute atomic E-state index is 5.82. The van der Waals surface area contributed by atoms with Crippen molar-refractivity contribution < 1.29 is 4.74 Å². The van der Waals surface area contributed by atoms with Gasteiger partial charge in [-0.1, -0.05) is 24.3 Å². The Kier molecular flexibility index (Phi) is 4.35. The number of benzene rings is 1. The van der Waals surface area contributed by atoms with E-state index >= 15 is 0 Å². The highest BCUT2D eigenvalue weighted by Crippen LogP contribution is 2.33. The molecule has 5 rings (SSSR count). The van der Waals surface area contributed by atoms with Gasteiger partial charge >= 0.3 is 0 Å². The molecule has 0 bridgehead atoms. The first kappa shape index (κ1) is 16.8. The van der Waals surface area contributed by atoms with Crippen molar-refractivity contribution in [2.24, 2.45) is 0 Å². The molecule has 1 fully saturated rings. The van der Waals surface area contributed by atoms with Crippen LogP contribution in [-0.2, 0) is 11.3 Å². The lowest BCUT2D eigenvalue weighted by molar-refractivity contribution is 0.0970. The second kappa shape index (κ2) is 6.99. The summed E-state index contributed by atoms with van der Waals surface area (Å²) in [5, 5.41) is 10.7. The topological polar surface area (TPSA) is 55.7 Å². The highest BCUT2D eigenvalue weighted by Gasteiger charge is 2.21. The molecule has 27 heavy (non-hydrogen) atoms. The number of para-hydroxylation sites is 1. The Labute approximate surface area is 165 Å². The molecule has 136 valence electrons. The lowest BCUT2D eigenvalue weighted by Gasteiger charge is -2.14. The van der Waals surface area contributed by atoms with E-state index in [0.717, 1.165) is 58.9 Å². The molecule has 1 aliphatic rings. The van der Waals surface area contributed by atoms with E-state index in [2.05, 4.69) is 38.3 Å². The molecular weight excluding hydrogens is 376 g/mol. The van der Waals surface area contributed by atoms with Gasteiger partial charge in [0.1, 0.15) is 0 Å². The molecule has 0 saturated carbocycles. The van der Waals surface area contributed by atoms with Crippen LogP contribution in [0.5, 0.6) is 0 Å². The highest BCUT2D eigenvalue weighted by atomic mass is 32.1. The van der Waals surface area contributed by atoms with Gasteiger partial charge in [-0.15, -0.1) is 11.3 Å². The average molecular weight is 395 g/mol. The van der Waals surface area contributed by atoms with Crippen LogP contribution in [-0.4, -0.2) is 32.5 Å². The molecule has 1 aliphatic heterocycles. The van der Waals surface area contributed by atoms with Crippen molar-refractivity contribution >= 4 is 34.5 Å². The second-order valence-electron chi connectivity index (χ2n) is 6.65. The predicted octanol–water partition coefficient (Wildman–Crippen LogP) is 5.06. The Morgan fingerprint density at radius 2 is 2.19 bits per heavy atom. The number of rotatable bonds is 4.